The number of carbonyl (C=O) groups is 1. The number of carbonyl (C=O) groups excluding carboxylic acids is 1. The third-order valence-corrected chi connectivity index (χ3v) is 5.36. The highest BCUT2D eigenvalue weighted by molar-refractivity contribution is 14.0. The summed E-state index contributed by atoms with van der Waals surface area (Å²) >= 11 is 0. The van der Waals surface area contributed by atoms with E-state index in [0.29, 0.717) is 26.3 Å². The maximum atomic E-state index is 11.9. The van der Waals surface area contributed by atoms with Crippen molar-refractivity contribution in [2.75, 3.05) is 26.9 Å². The van der Waals surface area contributed by atoms with Gasteiger partial charge in [-0.05, 0) is 41.7 Å². The topological polar surface area (TPSA) is 75.2 Å². The molecule has 2 aromatic rings. The van der Waals surface area contributed by atoms with Gasteiger partial charge in [-0.15, -0.1) is 24.0 Å². The van der Waals surface area contributed by atoms with E-state index in [0.717, 1.165) is 54.5 Å². The molecule has 2 aliphatic heterocycles. The standard InChI is InChI=1S/C23H28N4O3.HI/c1-24-23(25-10-9-17-7-8-20-21(13-17)30-16-29-20)26-14-18-4-2-5-19(12-18)15-27-11-3-6-22(27)28;/h2,4-5,7-8,12-13H,3,6,9-11,14-16H2,1H3,(H2,24,25,26);1H. The Morgan fingerprint density at radius 1 is 1.06 bits per heavy atom. The van der Waals surface area contributed by atoms with Crippen molar-refractivity contribution >= 4 is 35.8 Å². The maximum Gasteiger partial charge on any atom is 0.231 e. The highest BCUT2D eigenvalue weighted by Crippen LogP contribution is 2.32. The van der Waals surface area contributed by atoms with Crippen LogP contribution in [0.3, 0.4) is 0 Å². The minimum atomic E-state index is 0. The Kier molecular flexibility index (Phi) is 8.39. The van der Waals surface area contributed by atoms with Crippen LogP contribution in [0.5, 0.6) is 11.5 Å². The van der Waals surface area contributed by atoms with Gasteiger partial charge in [0.1, 0.15) is 0 Å². The molecule has 8 heteroatoms. The van der Waals surface area contributed by atoms with Crippen molar-refractivity contribution in [3.8, 4) is 11.5 Å². The van der Waals surface area contributed by atoms with Crippen molar-refractivity contribution in [1.82, 2.24) is 15.5 Å². The van der Waals surface area contributed by atoms with E-state index < -0.39 is 0 Å². The number of likely N-dealkylation sites (tertiary alicyclic amines) is 1. The van der Waals surface area contributed by atoms with Gasteiger partial charge < -0.3 is 25.0 Å². The fourth-order valence-electron chi connectivity index (χ4n) is 3.76. The van der Waals surface area contributed by atoms with Gasteiger partial charge in [0, 0.05) is 39.6 Å². The lowest BCUT2D eigenvalue weighted by atomic mass is 10.1. The third-order valence-electron chi connectivity index (χ3n) is 5.36. The van der Waals surface area contributed by atoms with Crippen molar-refractivity contribution in [3.05, 3.63) is 59.2 Å². The molecule has 0 aromatic heterocycles. The number of nitrogens with one attached hydrogen (secondary N) is 2. The molecular formula is C23H29IN4O3. The second-order valence-electron chi connectivity index (χ2n) is 7.53. The molecule has 2 heterocycles. The van der Waals surface area contributed by atoms with E-state index in [9.17, 15) is 4.79 Å². The van der Waals surface area contributed by atoms with E-state index in [1.165, 1.54) is 5.56 Å². The number of halogens is 1. The normalized spacial score (nSPS) is 15.1. The largest absolute Gasteiger partial charge is 0.454 e. The fourth-order valence-corrected chi connectivity index (χ4v) is 3.76. The van der Waals surface area contributed by atoms with E-state index in [-0.39, 0.29) is 29.9 Å². The predicted molar refractivity (Wildman–Crippen MR) is 131 cm³/mol. The van der Waals surface area contributed by atoms with Crippen molar-refractivity contribution in [1.29, 1.82) is 0 Å². The first-order valence-corrected chi connectivity index (χ1v) is 10.4. The smallest absolute Gasteiger partial charge is 0.231 e. The minimum absolute atomic E-state index is 0. The van der Waals surface area contributed by atoms with Crippen molar-refractivity contribution in [2.45, 2.75) is 32.4 Å². The number of hydrogen-bond acceptors (Lipinski definition) is 4. The van der Waals surface area contributed by atoms with Crippen LogP contribution in [0.2, 0.25) is 0 Å². The molecule has 1 fully saturated rings. The van der Waals surface area contributed by atoms with Crippen LogP contribution >= 0.6 is 24.0 Å². The Hall–Kier alpha value is -2.49. The average molecular weight is 536 g/mol. The van der Waals surface area contributed by atoms with Gasteiger partial charge in [0.05, 0.1) is 0 Å². The summed E-state index contributed by atoms with van der Waals surface area (Å²) in [5.41, 5.74) is 3.51. The molecule has 0 saturated carbocycles. The summed E-state index contributed by atoms with van der Waals surface area (Å²) < 4.78 is 10.8. The fraction of sp³-hybridized carbons (Fsp3) is 0.391. The number of fused-ring (bicyclic) bond motifs is 1. The second kappa shape index (κ2) is 11.2. The first-order chi connectivity index (χ1) is 14.7. The van der Waals surface area contributed by atoms with Crippen LogP contribution in [0.25, 0.3) is 0 Å². The number of ether oxygens (including phenoxy) is 2. The lowest BCUT2D eigenvalue weighted by Crippen LogP contribution is -2.37. The van der Waals surface area contributed by atoms with E-state index in [4.69, 9.17) is 9.47 Å². The molecular weight excluding hydrogens is 507 g/mol. The molecule has 166 valence electrons. The summed E-state index contributed by atoms with van der Waals surface area (Å²) in [6, 6.07) is 14.4. The first-order valence-electron chi connectivity index (χ1n) is 10.4. The van der Waals surface area contributed by atoms with Gasteiger partial charge in [0.25, 0.3) is 0 Å². The molecule has 0 bridgehead atoms. The van der Waals surface area contributed by atoms with Crippen LogP contribution in [-0.2, 0) is 24.3 Å². The molecule has 4 rings (SSSR count). The zero-order chi connectivity index (χ0) is 20.8. The maximum absolute atomic E-state index is 11.9. The van der Waals surface area contributed by atoms with E-state index in [2.05, 4.69) is 39.9 Å². The lowest BCUT2D eigenvalue weighted by Gasteiger charge is -2.16. The molecule has 2 aliphatic rings. The molecule has 7 nitrogen and oxygen atoms in total. The zero-order valence-corrected chi connectivity index (χ0v) is 20.1. The van der Waals surface area contributed by atoms with Crippen LogP contribution in [0, 0.1) is 0 Å². The Morgan fingerprint density at radius 3 is 2.71 bits per heavy atom. The summed E-state index contributed by atoms with van der Waals surface area (Å²) in [7, 11) is 1.77. The summed E-state index contributed by atoms with van der Waals surface area (Å²) in [4.78, 5) is 18.1. The first kappa shape index (κ1) is 23.2. The van der Waals surface area contributed by atoms with Gasteiger partial charge in [0.2, 0.25) is 12.7 Å². The highest BCUT2D eigenvalue weighted by Gasteiger charge is 2.20. The molecule has 1 saturated heterocycles. The molecule has 0 radical (unpaired) electrons. The number of hydrogen-bond donors (Lipinski definition) is 2. The van der Waals surface area contributed by atoms with Crippen LogP contribution in [0.15, 0.2) is 47.5 Å². The number of benzene rings is 2. The summed E-state index contributed by atoms with van der Waals surface area (Å²) in [6.45, 7) is 3.28. The number of nitrogens with zero attached hydrogens (tertiary/aromatic N) is 2. The number of aliphatic imine (C=N–C) groups is 1. The van der Waals surface area contributed by atoms with E-state index in [1.54, 1.807) is 7.05 Å². The van der Waals surface area contributed by atoms with E-state index >= 15 is 0 Å². The number of guanidine groups is 1. The Bertz CT molecular complexity index is 935. The minimum Gasteiger partial charge on any atom is -0.454 e. The molecule has 0 spiro atoms. The van der Waals surface area contributed by atoms with Gasteiger partial charge in [-0.2, -0.15) is 0 Å². The third kappa shape index (κ3) is 6.25. The van der Waals surface area contributed by atoms with Crippen LogP contribution in [-0.4, -0.2) is 43.7 Å². The molecule has 0 unspecified atom stereocenters. The Balaban J connectivity index is 0.00000272. The Morgan fingerprint density at radius 2 is 1.90 bits per heavy atom. The summed E-state index contributed by atoms with van der Waals surface area (Å²) in [6.07, 6.45) is 2.50. The molecule has 1 amide bonds. The number of rotatable bonds is 7. The quantitative estimate of drug-likeness (QED) is 0.324. The lowest BCUT2D eigenvalue weighted by molar-refractivity contribution is -0.128. The van der Waals surface area contributed by atoms with Gasteiger partial charge in [-0.1, -0.05) is 30.3 Å². The van der Waals surface area contributed by atoms with Gasteiger partial charge in [0.15, 0.2) is 17.5 Å². The second-order valence-corrected chi connectivity index (χ2v) is 7.53. The SMILES string of the molecule is CN=C(NCCc1ccc2c(c1)OCO2)NCc1cccc(CN2CCCC2=O)c1.I. The average Bonchev–Trinajstić information content (AvgIpc) is 3.39. The van der Waals surface area contributed by atoms with E-state index in [1.807, 2.05) is 23.1 Å². The molecule has 0 atom stereocenters. The summed E-state index contributed by atoms with van der Waals surface area (Å²) in [5, 5.41) is 6.71. The molecule has 0 aliphatic carbocycles. The molecule has 31 heavy (non-hydrogen) atoms. The summed E-state index contributed by atoms with van der Waals surface area (Å²) in [5.74, 6) is 2.63. The molecule has 2 aromatic carbocycles. The zero-order valence-electron chi connectivity index (χ0n) is 17.7. The number of amides is 1. The van der Waals surface area contributed by atoms with Crippen molar-refractivity contribution in [2.24, 2.45) is 4.99 Å². The molecule has 2 N–H and O–H groups in total. The van der Waals surface area contributed by atoms with Gasteiger partial charge in [-0.25, -0.2) is 0 Å². The predicted octanol–water partition coefficient (Wildman–Crippen LogP) is 3.06. The van der Waals surface area contributed by atoms with Gasteiger partial charge >= 0.3 is 0 Å². The monoisotopic (exact) mass is 536 g/mol. The van der Waals surface area contributed by atoms with Crippen LogP contribution < -0.4 is 20.1 Å². The van der Waals surface area contributed by atoms with Crippen LogP contribution in [0.4, 0.5) is 0 Å². The van der Waals surface area contributed by atoms with Crippen molar-refractivity contribution in [3.63, 3.8) is 0 Å². The van der Waals surface area contributed by atoms with Gasteiger partial charge in [-0.3, -0.25) is 9.79 Å². The van der Waals surface area contributed by atoms with Crippen molar-refractivity contribution < 1.29 is 14.3 Å². The highest BCUT2D eigenvalue weighted by atomic mass is 127. The Labute approximate surface area is 200 Å². The van der Waals surface area contributed by atoms with Crippen LogP contribution in [0.1, 0.15) is 29.5 Å².